The number of nitrogen functional groups attached to an aromatic ring is 1. The van der Waals surface area contributed by atoms with Crippen LogP contribution in [0.3, 0.4) is 0 Å². The van der Waals surface area contributed by atoms with Gasteiger partial charge in [-0.3, -0.25) is 4.79 Å². The summed E-state index contributed by atoms with van der Waals surface area (Å²) >= 11 is 2.96. The van der Waals surface area contributed by atoms with E-state index in [9.17, 15) is 4.79 Å². The summed E-state index contributed by atoms with van der Waals surface area (Å²) in [6.07, 6.45) is 7.91. The normalized spacial score (nSPS) is 9.57. The van der Waals surface area contributed by atoms with Gasteiger partial charge in [-0.15, -0.1) is 0 Å². The fourth-order valence-electron chi connectivity index (χ4n) is 3.53. The maximum Gasteiger partial charge on any atom is 0.189 e. The first-order valence-electron chi connectivity index (χ1n) is 13.3. The highest BCUT2D eigenvalue weighted by molar-refractivity contribution is 7.98. The van der Waals surface area contributed by atoms with Gasteiger partial charge < -0.3 is 40.6 Å². The first-order valence-corrected chi connectivity index (χ1v) is 15.8. The van der Waals surface area contributed by atoms with Gasteiger partial charge in [0.1, 0.15) is 34.6 Å². The number of carbonyl (C=O) groups is 1. The Labute approximate surface area is 279 Å². The molecule has 46 heavy (non-hydrogen) atoms. The molecule has 0 spiro atoms. The summed E-state index contributed by atoms with van der Waals surface area (Å²) < 4.78 is 20.5. The van der Waals surface area contributed by atoms with Crippen LogP contribution in [-0.4, -0.2) is 81.3 Å². The van der Waals surface area contributed by atoms with E-state index < -0.39 is 0 Å². The van der Waals surface area contributed by atoms with Crippen molar-refractivity contribution >= 4 is 52.8 Å². The molecule has 15 heteroatoms. The van der Waals surface area contributed by atoms with Crippen LogP contribution in [0.15, 0.2) is 59.1 Å². The number of rotatable bonds is 12. The van der Waals surface area contributed by atoms with Crippen molar-refractivity contribution in [1.82, 2.24) is 19.9 Å². The largest absolute Gasteiger partial charge is 0.497 e. The summed E-state index contributed by atoms with van der Waals surface area (Å²) in [6.45, 7) is 0.598. The van der Waals surface area contributed by atoms with E-state index in [2.05, 4.69) is 35.9 Å². The summed E-state index contributed by atoms with van der Waals surface area (Å²) in [6, 6.07) is 10.9. The van der Waals surface area contributed by atoms with E-state index in [4.69, 9.17) is 24.7 Å². The Morgan fingerprint density at radius 2 is 1.20 bits per heavy atom. The molecule has 13 nitrogen and oxygen atoms in total. The Hall–Kier alpha value is -4.63. The van der Waals surface area contributed by atoms with Crippen LogP contribution in [0.1, 0.15) is 23.3 Å². The van der Waals surface area contributed by atoms with Gasteiger partial charge in [-0.05, 0) is 12.5 Å². The summed E-state index contributed by atoms with van der Waals surface area (Å²) in [5.74, 6) is 4.30. The zero-order valence-electron chi connectivity index (χ0n) is 26.6. The number of aromatic nitrogens is 4. The molecule has 0 aliphatic rings. The zero-order valence-corrected chi connectivity index (χ0v) is 28.3. The highest BCUT2D eigenvalue weighted by atomic mass is 32.2. The van der Waals surface area contributed by atoms with Crippen molar-refractivity contribution in [2.24, 2.45) is 0 Å². The maximum atomic E-state index is 10.5. The van der Waals surface area contributed by atoms with Crippen LogP contribution < -0.4 is 40.6 Å². The molecule has 5 N–H and O–H groups in total. The molecule has 2 aromatic carbocycles. The number of nitrogens with zero attached hydrogens (tertiary/aromatic N) is 4. The quantitative estimate of drug-likeness (QED) is 0.0612. The Bertz CT molecular complexity index is 1470. The fraction of sp³-hybridized carbons (Fsp3) is 0.323. The second kappa shape index (κ2) is 21.2. The number of hydrogen-bond donors (Lipinski definition) is 4. The van der Waals surface area contributed by atoms with Gasteiger partial charge in [0, 0.05) is 86.4 Å². The number of hydrogen-bond acceptors (Lipinski definition) is 15. The molecule has 4 aromatic rings. The van der Waals surface area contributed by atoms with Crippen molar-refractivity contribution in [3.8, 4) is 23.0 Å². The number of aldehydes is 1. The SMILES string of the molecule is C.CNc1nc(SC)ncc1C=O.CNc1nc(SC)ncc1CNc1cc(OC)cc(OC)c1.COc1cc(N)cc(OC)c1. The van der Waals surface area contributed by atoms with Gasteiger partial charge in [0.05, 0.1) is 34.0 Å². The van der Waals surface area contributed by atoms with Crippen LogP contribution in [0.25, 0.3) is 0 Å². The van der Waals surface area contributed by atoms with Gasteiger partial charge in [-0.25, -0.2) is 19.9 Å². The number of benzene rings is 2. The molecule has 0 atom stereocenters. The standard InChI is InChI=1S/C15H20N4O2S.C8H11NO2.C7H9N3OS.CH4/c1-16-14-10(9-18-15(19-14)22-4)8-17-11-5-12(20-2)7-13(6-11)21-3;1-10-7-3-6(9)4-8(5-7)11-2;1-8-6-5(4-11)3-9-7(10-6)12-2;/h5-7,9,17H,8H2,1-4H3,(H,16,18,19);3-5H,9H2,1-2H3;3-4H,1-2H3,(H,8,9,10);1H4. The van der Waals surface area contributed by atoms with Crippen molar-refractivity contribution in [2.45, 2.75) is 24.3 Å². The Morgan fingerprint density at radius 3 is 1.63 bits per heavy atom. The molecule has 0 aliphatic heterocycles. The second-order valence-electron chi connectivity index (χ2n) is 8.61. The predicted octanol–water partition coefficient (Wildman–Crippen LogP) is 5.84. The third-order valence-corrected chi connectivity index (χ3v) is 6.93. The molecular weight excluding hydrogens is 629 g/mol. The third kappa shape index (κ3) is 12.4. The van der Waals surface area contributed by atoms with E-state index in [1.54, 1.807) is 53.7 Å². The highest BCUT2D eigenvalue weighted by Gasteiger charge is 2.07. The number of carbonyl (C=O) groups excluding carboxylic acids is 1. The summed E-state index contributed by atoms with van der Waals surface area (Å²) in [5.41, 5.74) is 8.57. The molecule has 0 bridgehead atoms. The minimum Gasteiger partial charge on any atom is -0.497 e. The van der Waals surface area contributed by atoms with Gasteiger partial charge >= 0.3 is 0 Å². The first-order chi connectivity index (χ1) is 21.8. The van der Waals surface area contributed by atoms with Crippen molar-refractivity contribution in [1.29, 1.82) is 0 Å². The maximum absolute atomic E-state index is 10.5. The third-order valence-electron chi connectivity index (χ3n) is 5.81. The Balaban J connectivity index is 0.000000374. The van der Waals surface area contributed by atoms with E-state index in [0.717, 1.165) is 40.0 Å². The highest BCUT2D eigenvalue weighted by Crippen LogP contribution is 2.27. The lowest BCUT2D eigenvalue weighted by molar-refractivity contribution is 0.112. The molecular formula is C31H44N8O5S2. The zero-order chi connectivity index (χ0) is 33.2. The van der Waals surface area contributed by atoms with Crippen LogP contribution >= 0.6 is 23.5 Å². The van der Waals surface area contributed by atoms with Crippen molar-refractivity contribution in [3.05, 3.63) is 59.9 Å². The van der Waals surface area contributed by atoms with Crippen molar-refractivity contribution in [2.75, 3.05) is 76.7 Å². The predicted molar refractivity (Wildman–Crippen MR) is 190 cm³/mol. The molecule has 0 amide bonds. The van der Waals surface area contributed by atoms with Crippen molar-refractivity contribution in [3.63, 3.8) is 0 Å². The number of nitrogens with two attached hydrogens (primary N) is 1. The van der Waals surface area contributed by atoms with Crippen LogP contribution in [0.2, 0.25) is 0 Å². The average molecular weight is 673 g/mol. The topological polar surface area (TPSA) is 168 Å². The number of thioether (sulfide) groups is 2. The monoisotopic (exact) mass is 672 g/mol. The minimum absolute atomic E-state index is 0. The van der Waals surface area contributed by atoms with Crippen LogP contribution in [0.5, 0.6) is 23.0 Å². The van der Waals surface area contributed by atoms with Gasteiger partial charge in [0.25, 0.3) is 0 Å². The van der Waals surface area contributed by atoms with Crippen LogP contribution in [0, 0.1) is 0 Å². The van der Waals surface area contributed by atoms with E-state index in [-0.39, 0.29) is 7.43 Å². The molecule has 2 aromatic heterocycles. The second-order valence-corrected chi connectivity index (χ2v) is 10.2. The van der Waals surface area contributed by atoms with Gasteiger partial charge in [-0.2, -0.15) is 0 Å². The molecule has 0 saturated heterocycles. The minimum atomic E-state index is 0. The molecule has 0 aliphatic carbocycles. The molecule has 0 fully saturated rings. The Kier molecular flexibility index (Phi) is 18.1. The number of ether oxygens (including phenoxy) is 4. The first kappa shape index (κ1) is 39.4. The van der Waals surface area contributed by atoms with Crippen LogP contribution in [0.4, 0.5) is 23.0 Å². The van der Waals surface area contributed by atoms with E-state index in [1.807, 2.05) is 44.0 Å². The molecule has 0 saturated carbocycles. The van der Waals surface area contributed by atoms with Crippen LogP contribution in [-0.2, 0) is 6.54 Å². The lowest BCUT2D eigenvalue weighted by Crippen LogP contribution is -2.06. The van der Waals surface area contributed by atoms with Crippen molar-refractivity contribution < 1.29 is 23.7 Å². The summed E-state index contributed by atoms with van der Waals surface area (Å²) in [7, 11) is 10.0. The Morgan fingerprint density at radius 1 is 0.739 bits per heavy atom. The number of anilines is 4. The molecule has 2 heterocycles. The fourth-order valence-corrected chi connectivity index (χ4v) is 4.21. The lowest BCUT2D eigenvalue weighted by Gasteiger charge is -2.13. The van der Waals surface area contributed by atoms with E-state index >= 15 is 0 Å². The number of methoxy groups -OCH3 is 4. The van der Waals surface area contributed by atoms with Gasteiger partial charge in [0.2, 0.25) is 0 Å². The molecule has 4 rings (SSSR count). The van der Waals surface area contributed by atoms with E-state index in [1.165, 1.54) is 29.7 Å². The molecule has 250 valence electrons. The summed E-state index contributed by atoms with van der Waals surface area (Å²) in [5, 5.41) is 10.7. The lowest BCUT2D eigenvalue weighted by atomic mass is 10.2. The smallest absolute Gasteiger partial charge is 0.189 e. The average Bonchev–Trinajstić information content (AvgIpc) is 3.10. The number of nitrogens with one attached hydrogen (secondary N) is 3. The summed E-state index contributed by atoms with van der Waals surface area (Å²) in [4.78, 5) is 27.3. The molecule has 0 unspecified atom stereocenters. The van der Waals surface area contributed by atoms with Gasteiger partial charge in [0.15, 0.2) is 16.6 Å². The van der Waals surface area contributed by atoms with E-state index in [0.29, 0.717) is 40.3 Å². The molecule has 0 radical (unpaired) electrons. The van der Waals surface area contributed by atoms with Gasteiger partial charge in [-0.1, -0.05) is 31.0 Å².